The van der Waals surface area contributed by atoms with Gasteiger partial charge in [0.2, 0.25) is 5.91 Å². The molecule has 2 atom stereocenters. The van der Waals surface area contributed by atoms with Crippen molar-refractivity contribution in [3.05, 3.63) is 23.8 Å². The summed E-state index contributed by atoms with van der Waals surface area (Å²) >= 11 is 0. The van der Waals surface area contributed by atoms with Crippen LogP contribution in [0.1, 0.15) is 36.0 Å². The van der Waals surface area contributed by atoms with Gasteiger partial charge in [0.15, 0.2) is 5.75 Å². The van der Waals surface area contributed by atoms with Crippen molar-refractivity contribution in [1.29, 1.82) is 0 Å². The van der Waals surface area contributed by atoms with Crippen LogP contribution in [0.3, 0.4) is 0 Å². The molecule has 0 bridgehead atoms. The lowest BCUT2D eigenvalue weighted by molar-refractivity contribution is -0.117. The van der Waals surface area contributed by atoms with Crippen molar-refractivity contribution in [2.75, 3.05) is 5.32 Å². The predicted octanol–water partition coefficient (Wildman–Crippen LogP) is 2.47. The van der Waals surface area contributed by atoms with Gasteiger partial charge in [0, 0.05) is 5.92 Å². The number of fused-ring (bicyclic) bond motifs is 1. The SMILES string of the molecule is O=C(O)c1cccc(NC(=O)C2C3CCCCC32)c1O. The number of aromatic hydroxyl groups is 1. The predicted molar refractivity (Wildman–Crippen MR) is 72.6 cm³/mol. The average molecular weight is 275 g/mol. The second-order valence-corrected chi connectivity index (χ2v) is 5.63. The number of phenols is 1. The van der Waals surface area contributed by atoms with Gasteiger partial charge in [-0.1, -0.05) is 18.9 Å². The minimum absolute atomic E-state index is 0.0328. The number of anilines is 1. The monoisotopic (exact) mass is 275 g/mol. The molecule has 1 amide bonds. The van der Waals surface area contributed by atoms with E-state index in [9.17, 15) is 14.7 Å². The second kappa shape index (κ2) is 4.81. The van der Waals surface area contributed by atoms with Crippen LogP contribution in [0.4, 0.5) is 5.69 Å². The third-order valence-electron chi connectivity index (χ3n) is 4.48. The fourth-order valence-electron chi connectivity index (χ4n) is 3.41. The van der Waals surface area contributed by atoms with Gasteiger partial charge in [-0.2, -0.15) is 0 Å². The van der Waals surface area contributed by atoms with E-state index in [0.29, 0.717) is 11.8 Å². The third-order valence-corrected chi connectivity index (χ3v) is 4.48. The molecule has 20 heavy (non-hydrogen) atoms. The first-order valence-corrected chi connectivity index (χ1v) is 6.95. The first kappa shape index (κ1) is 13.0. The van der Waals surface area contributed by atoms with Crippen molar-refractivity contribution in [1.82, 2.24) is 0 Å². The topological polar surface area (TPSA) is 86.6 Å². The highest BCUT2D eigenvalue weighted by Gasteiger charge is 2.54. The van der Waals surface area contributed by atoms with Crippen LogP contribution in [0.2, 0.25) is 0 Å². The number of para-hydroxylation sites is 1. The normalized spacial score (nSPS) is 27.5. The summed E-state index contributed by atoms with van der Waals surface area (Å²) in [5.74, 6) is -0.692. The number of hydrogen-bond acceptors (Lipinski definition) is 3. The zero-order valence-corrected chi connectivity index (χ0v) is 11.0. The summed E-state index contributed by atoms with van der Waals surface area (Å²) in [7, 11) is 0. The number of nitrogens with one attached hydrogen (secondary N) is 1. The zero-order valence-electron chi connectivity index (χ0n) is 11.0. The lowest BCUT2D eigenvalue weighted by Gasteiger charge is -2.09. The summed E-state index contributed by atoms with van der Waals surface area (Å²) in [5, 5.41) is 21.5. The van der Waals surface area contributed by atoms with E-state index in [1.165, 1.54) is 31.0 Å². The molecule has 5 heteroatoms. The number of amides is 1. The molecule has 1 aromatic rings. The van der Waals surface area contributed by atoms with Crippen LogP contribution < -0.4 is 5.32 Å². The number of rotatable bonds is 3. The molecule has 5 nitrogen and oxygen atoms in total. The van der Waals surface area contributed by atoms with Crippen LogP contribution in [-0.2, 0) is 4.79 Å². The summed E-state index contributed by atoms with van der Waals surface area (Å²) < 4.78 is 0. The molecule has 2 fully saturated rings. The lowest BCUT2D eigenvalue weighted by Crippen LogP contribution is -2.16. The minimum Gasteiger partial charge on any atom is -0.505 e. The smallest absolute Gasteiger partial charge is 0.339 e. The van der Waals surface area contributed by atoms with Crippen LogP contribution in [-0.4, -0.2) is 22.1 Å². The first-order chi connectivity index (χ1) is 9.59. The van der Waals surface area contributed by atoms with Gasteiger partial charge in [-0.25, -0.2) is 4.79 Å². The molecule has 0 aromatic heterocycles. The highest BCUT2D eigenvalue weighted by Crippen LogP contribution is 2.55. The molecule has 0 heterocycles. The van der Waals surface area contributed by atoms with Gasteiger partial charge in [0.1, 0.15) is 5.56 Å². The Kier molecular flexibility index (Phi) is 3.12. The van der Waals surface area contributed by atoms with Gasteiger partial charge < -0.3 is 15.5 Å². The maximum atomic E-state index is 12.2. The van der Waals surface area contributed by atoms with E-state index in [1.807, 2.05) is 0 Å². The lowest BCUT2D eigenvalue weighted by atomic mass is 10.0. The van der Waals surface area contributed by atoms with Crippen molar-refractivity contribution < 1.29 is 19.8 Å². The highest BCUT2D eigenvalue weighted by molar-refractivity contribution is 5.99. The average Bonchev–Trinajstić information content (AvgIpc) is 3.15. The van der Waals surface area contributed by atoms with Gasteiger partial charge in [-0.05, 0) is 36.8 Å². The second-order valence-electron chi connectivity index (χ2n) is 5.63. The molecule has 0 spiro atoms. The Hall–Kier alpha value is -2.04. The zero-order chi connectivity index (χ0) is 14.3. The number of carboxylic acids is 1. The van der Waals surface area contributed by atoms with E-state index in [-0.39, 0.29) is 28.8 Å². The number of carboxylic acid groups (broad SMARTS) is 1. The molecule has 1 aromatic carbocycles. The van der Waals surface area contributed by atoms with Crippen molar-refractivity contribution in [2.24, 2.45) is 17.8 Å². The molecular weight excluding hydrogens is 258 g/mol. The summed E-state index contributed by atoms with van der Waals surface area (Å²) in [6, 6.07) is 4.34. The molecule has 2 aliphatic rings. The maximum Gasteiger partial charge on any atom is 0.339 e. The molecule has 3 rings (SSSR count). The quantitative estimate of drug-likeness (QED) is 0.739. The van der Waals surface area contributed by atoms with Crippen LogP contribution in [0.25, 0.3) is 0 Å². The van der Waals surface area contributed by atoms with Crippen LogP contribution >= 0.6 is 0 Å². The first-order valence-electron chi connectivity index (χ1n) is 6.95. The van der Waals surface area contributed by atoms with E-state index in [4.69, 9.17) is 5.11 Å². The fourth-order valence-corrected chi connectivity index (χ4v) is 3.41. The number of carbonyl (C=O) groups is 2. The van der Waals surface area contributed by atoms with Gasteiger partial charge in [-0.15, -0.1) is 0 Å². The van der Waals surface area contributed by atoms with Gasteiger partial charge >= 0.3 is 5.97 Å². The highest BCUT2D eigenvalue weighted by atomic mass is 16.4. The fraction of sp³-hybridized carbons (Fsp3) is 0.467. The van der Waals surface area contributed by atoms with Crippen LogP contribution in [0, 0.1) is 17.8 Å². The van der Waals surface area contributed by atoms with E-state index in [0.717, 1.165) is 12.8 Å². The van der Waals surface area contributed by atoms with Gasteiger partial charge in [0.05, 0.1) is 5.69 Å². The van der Waals surface area contributed by atoms with Crippen molar-refractivity contribution >= 4 is 17.6 Å². The molecule has 2 unspecified atom stereocenters. The van der Waals surface area contributed by atoms with Crippen LogP contribution in [0.15, 0.2) is 18.2 Å². The molecule has 2 aliphatic carbocycles. The Morgan fingerprint density at radius 2 is 1.80 bits per heavy atom. The molecule has 0 saturated heterocycles. The standard InChI is InChI=1S/C15H17NO4/c17-13-10(15(19)20)6-3-7-11(13)16-14(18)12-8-4-1-2-5-9(8)12/h3,6-9,12,17H,1-2,4-5H2,(H,16,18)(H,19,20). The Balaban J connectivity index is 1.74. The molecule has 3 N–H and O–H groups in total. The summed E-state index contributed by atoms with van der Waals surface area (Å²) in [5.41, 5.74) is -0.0189. The summed E-state index contributed by atoms with van der Waals surface area (Å²) in [6.45, 7) is 0. The largest absolute Gasteiger partial charge is 0.505 e. The number of hydrogen-bond donors (Lipinski definition) is 3. The van der Waals surface area contributed by atoms with Crippen LogP contribution in [0.5, 0.6) is 5.75 Å². The third kappa shape index (κ3) is 2.13. The number of aromatic carboxylic acids is 1. The Morgan fingerprint density at radius 1 is 1.15 bits per heavy atom. The number of carbonyl (C=O) groups excluding carboxylic acids is 1. The summed E-state index contributed by atoms with van der Waals surface area (Å²) in [4.78, 5) is 23.1. The van der Waals surface area contributed by atoms with Crippen molar-refractivity contribution in [2.45, 2.75) is 25.7 Å². The van der Waals surface area contributed by atoms with Crippen molar-refractivity contribution in [3.8, 4) is 5.75 Å². The maximum absolute atomic E-state index is 12.2. The van der Waals surface area contributed by atoms with E-state index < -0.39 is 5.97 Å². The number of benzene rings is 1. The Bertz CT molecular complexity index is 557. The van der Waals surface area contributed by atoms with E-state index in [2.05, 4.69) is 5.32 Å². The van der Waals surface area contributed by atoms with Gasteiger partial charge in [-0.3, -0.25) is 4.79 Å². The van der Waals surface area contributed by atoms with Crippen molar-refractivity contribution in [3.63, 3.8) is 0 Å². The van der Waals surface area contributed by atoms with Gasteiger partial charge in [0.25, 0.3) is 0 Å². The molecule has 0 radical (unpaired) electrons. The minimum atomic E-state index is -1.21. The molecule has 0 aliphatic heterocycles. The Labute approximate surface area is 116 Å². The molecular formula is C15H17NO4. The Morgan fingerprint density at radius 3 is 2.40 bits per heavy atom. The van der Waals surface area contributed by atoms with E-state index in [1.54, 1.807) is 0 Å². The summed E-state index contributed by atoms with van der Waals surface area (Å²) in [6.07, 6.45) is 4.57. The molecule has 106 valence electrons. The molecule has 2 saturated carbocycles. The van der Waals surface area contributed by atoms with E-state index >= 15 is 0 Å².